The van der Waals surface area contributed by atoms with E-state index in [9.17, 15) is 13.2 Å². The van der Waals surface area contributed by atoms with Gasteiger partial charge in [-0.1, -0.05) is 35.5 Å². The van der Waals surface area contributed by atoms with Gasteiger partial charge in [0.1, 0.15) is 12.1 Å². The van der Waals surface area contributed by atoms with Crippen LogP contribution in [0.1, 0.15) is 5.56 Å². The average Bonchev–Trinajstić information content (AvgIpc) is 2.42. The molecule has 0 aliphatic rings. The second kappa shape index (κ2) is 9.10. The van der Waals surface area contributed by atoms with E-state index in [2.05, 4.69) is 10.1 Å². The monoisotopic (exact) mass is 355 g/mol. The number of benzene rings is 1. The predicted molar refractivity (Wildman–Crippen MR) is 79.2 cm³/mol. The number of aliphatic imine (C=N–C) groups is 1. The molecule has 0 unspecified atom stereocenters. The Kier molecular flexibility index (Phi) is 8.25. The number of hydrogen-bond acceptors (Lipinski definition) is 5. The molecule has 0 saturated heterocycles. The average molecular weight is 355 g/mol. The van der Waals surface area contributed by atoms with Crippen molar-refractivity contribution in [2.75, 3.05) is 14.1 Å². The Hall–Kier alpha value is -2.14. The fourth-order valence-electron chi connectivity index (χ4n) is 1.11. The maximum atomic E-state index is 10.7. The Morgan fingerprint density at radius 3 is 2.09 bits per heavy atom. The number of hydrogen-bond donors (Lipinski definition) is 2. The second-order valence-electron chi connectivity index (χ2n) is 4.22. The van der Waals surface area contributed by atoms with E-state index in [4.69, 9.17) is 18.2 Å². The van der Waals surface area contributed by atoms with Gasteiger partial charge in [0.25, 0.3) is 0 Å². The van der Waals surface area contributed by atoms with Gasteiger partial charge >= 0.3 is 15.6 Å². The van der Waals surface area contributed by atoms with Gasteiger partial charge in [-0.25, -0.2) is 0 Å². The molecule has 23 heavy (non-hydrogen) atoms. The van der Waals surface area contributed by atoms with Gasteiger partial charge in [-0.2, -0.15) is 21.6 Å². The summed E-state index contributed by atoms with van der Waals surface area (Å²) in [5, 5.41) is 11.4. The Morgan fingerprint density at radius 2 is 1.74 bits per heavy atom. The van der Waals surface area contributed by atoms with E-state index in [1.807, 2.05) is 44.4 Å². The summed E-state index contributed by atoms with van der Waals surface area (Å²) in [7, 11) is -2.13. The van der Waals surface area contributed by atoms with Crippen molar-refractivity contribution in [3.63, 3.8) is 0 Å². The third-order valence-electron chi connectivity index (χ3n) is 2.19. The van der Waals surface area contributed by atoms with Crippen LogP contribution in [0.4, 0.5) is 13.2 Å². The van der Waals surface area contributed by atoms with E-state index >= 15 is 0 Å². The Balaban J connectivity index is 0.000000515. The highest BCUT2D eigenvalue weighted by Crippen LogP contribution is 2.20. The number of nitrogens with zero attached hydrogens (tertiary/aromatic N) is 3. The standard InChI is InChI=1S/C11H15N3O.CHF3O3S/c1-14(2)11(9-13-15)12-8-10-6-4-3-5-7-10;2-1(3,4)8(5,6)7/h3-7,9,15H,8H2,1-2H3;(H,5,6,7)/b12-11?,13-9+;. The molecule has 0 spiro atoms. The van der Waals surface area contributed by atoms with Crippen LogP contribution in [0.5, 0.6) is 0 Å². The SMILES string of the molecule is CN(C)C(/C=N/O)=NCc1ccccc1.O=S(=O)(O)C(F)(F)F. The summed E-state index contributed by atoms with van der Waals surface area (Å²) in [6, 6.07) is 9.93. The third kappa shape index (κ3) is 8.78. The fraction of sp³-hybridized carbons (Fsp3) is 0.333. The van der Waals surface area contributed by atoms with Crippen LogP contribution < -0.4 is 0 Å². The van der Waals surface area contributed by atoms with Gasteiger partial charge in [0.2, 0.25) is 0 Å². The molecule has 1 rings (SSSR count). The molecule has 0 aromatic heterocycles. The Bertz CT molecular complexity index is 629. The van der Waals surface area contributed by atoms with E-state index in [-0.39, 0.29) is 0 Å². The van der Waals surface area contributed by atoms with Crippen LogP contribution in [0, 0.1) is 0 Å². The van der Waals surface area contributed by atoms with Gasteiger partial charge < -0.3 is 10.1 Å². The van der Waals surface area contributed by atoms with Crippen LogP contribution in [0.15, 0.2) is 40.5 Å². The smallest absolute Gasteiger partial charge is 0.411 e. The zero-order valence-corrected chi connectivity index (χ0v) is 13.1. The molecule has 0 bridgehead atoms. The lowest BCUT2D eigenvalue weighted by atomic mass is 10.2. The van der Waals surface area contributed by atoms with Crippen molar-refractivity contribution < 1.29 is 31.3 Å². The molecule has 1 aromatic carbocycles. The molecule has 0 saturated carbocycles. The van der Waals surface area contributed by atoms with Crippen molar-refractivity contribution in [1.29, 1.82) is 0 Å². The molecule has 0 atom stereocenters. The largest absolute Gasteiger partial charge is 0.522 e. The molecule has 130 valence electrons. The highest BCUT2D eigenvalue weighted by molar-refractivity contribution is 7.86. The first kappa shape index (κ1) is 20.9. The molecule has 0 amide bonds. The molecule has 7 nitrogen and oxygen atoms in total. The number of amidine groups is 1. The highest BCUT2D eigenvalue weighted by atomic mass is 32.2. The van der Waals surface area contributed by atoms with E-state index in [0.717, 1.165) is 5.56 Å². The van der Waals surface area contributed by atoms with E-state index in [0.29, 0.717) is 12.4 Å². The van der Waals surface area contributed by atoms with Crippen molar-refractivity contribution in [3.05, 3.63) is 35.9 Å². The Labute approximate surface area is 131 Å². The van der Waals surface area contributed by atoms with Gasteiger partial charge in [-0.3, -0.25) is 9.55 Å². The molecule has 0 aliphatic carbocycles. The lowest BCUT2D eigenvalue weighted by molar-refractivity contribution is -0.0510. The summed E-state index contributed by atoms with van der Waals surface area (Å²) in [5.74, 6) is 0.640. The minimum atomic E-state index is -5.84. The summed E-state index contributed by atoms with van der Waals surface area (Å²) in [6.45, 7) is 0.584. The van der Waals surface area contributed by atoms with Crippen LogP contribution in [0.25, 0.3) is 0 Å². The van der Waals surface area contributed by atoms with Gasteiger partial charge in [0.05, 0.1) is 6.54 Å². The predicted octanol–water partition coefficient (Wildman–Crippen LogP) is 2.00. The van der Waals surface area contributed by atoms with Gasteiger partial charge in [-0.05, 0) is 5.56 Å². The summed E-state index contributed by atoms with van der Waals surface area (Å²) < 4.78 is 57.5. The maximum absolute atomic E-state index is 10.7. The molecule has 0 aliphatic heterocycles. The lowest BCUT2D eigenvalue weighted by Crippen LogP contribution is -2.23. The lowest BCUT2D eigenvalue weighted by Gasteiger charge is -2.10. The van der Waals surface area contributed by atoms with Crippen molar-refractivity contribution in [2.24, 2.45) is 10.1 Å². The van der Waals surface area contributed by atoms with Crippen LogP contribution in [0.2, 0.25) is 0 Å². The van der Waals surface area contributed by atoms with E-state index < -0.39 is 15.6 Å². The third-order valence-corrected chi connectivity index (χ3v) is 2.78. The summed E-state index contributed by atoms with van der Waals surface area (Å²) in [4.78, 5) is 6.11. The van der Waals surface area contributed by atoms with Gasteiger partial charge in [-0.15, -0.1) is 0 Å². The number of halogens is 3. The van der Waals surface area contributed by atoms with Crippen molar-refractivity contribution in [1.82, 2.24) is 4.90 Å². The van der Waals surface area contributed by atoms with Crippen LogP contribution in [-0.4, -0.2) is 54.7 Å². The van der Waals surface area contributed by atoms with Gasteiger partial charge in [0, 0.05) is 14.1 Å². The number of alkyl halides is 3. The van der Waals surface area contributed by atoms with Crippen molar-refractivity contribution in [3.8, 4) is 0 Å². The molecule has 0 radical (unpaired) electrons. The van der Waals surface area contributed by atoms with E-state index in [1.165, 1.54) is 6.21 Å². The summed E-state index contributed by atoms with van der Waals surface area (Å²) in [5.41, 5.74) is -4.41. The summed E-state index contributed by atoms with van der Waals surface area (Å²) in [6.07, 6.45) is 1.32. The minimum Gasteiger partial charge on any atom is -0.411 e. The molecule has 2 N–H and O–H groups in total. The number of rotatable bonds is 3. The zero-order valence-electron chi connectivity index (χ0n) is 12.3. The normalized spacial score (nSPS) is 12.7. The van der Waals surface area contributed by atoms with Crippen molar-refractivity contribution in [2.45, 2.75) is 12.1 Å². The topological polar surface area (TPSA) is 103 Å². The first-order valence-corrected chi connectivity index (χ1v) is 7.40. The zero-order chi connectivity index (χ0) is 18.1. The molecular formula is C12H16F3N3O4S. The molecule has 1 aromatic rings. The maximum Gasteiger partial charge on any atom is 0.522 e. The van der Waals surface area contributed by atoms with Crippen LogP contribution >= 0.6 is 0 Å². The first-order chi connectivity index (χ1) is 10.5. The Morgan fingerprint density at radius 1 is 1.26 bits per heavy atom. The molecule has 11 heteroatoms. The number of oxime groups is 1. The van der Waals surface area contributed by atoms with Gasteiger partial charge in [0.15, 0.2) is 0 Å². The molecular weight excluding hydrogens is 339 g/mol. The van der Waals surface area contributed by atoms with Crippen molar-refractivity contribution >= 4 is 22.2 Å². The van der Waals surface area contributed by atoms with E-state index in [1.54, 1.807) is 4.90 Å². The minimum absolute atomic E-state index is 0.584. The summed E-state index contributed by atoms with van der Waals surface area (Å²) >= 11 is 0. The first-order valence-electron chi connectivity index (χ1n) is 5.96. The molecule has 0 fully saturated rings. The second-order valence-corrected chi connectivity index (χ2v) is 5.63. The van der Waals surface area contributed by atoms with Crippen LogP contribution in [0.3, 0.4) is 0 Å². The molecule has 0 heterocycles. The fourth-order valence-corrected chi connectivity index (χ4v) is 1.11. The highest BCUT2D eigenvalue weighted by Gasteiger charge is 2.44. The quantitative estimate of drug-likeness (QED) is 0.216. The van der Waals surface area contributed by atoms with Crippen LogP contribution in [-0.2, 0) is 16.7 Å².